The van der Waals surface area contributed by atoms with Gasteiger partial charge in [-0.15, -0.1) is 0 Å². The molecule has 0 amide bonds. The molecule has 0 spiro atoms. The maximum Gasteiger partial charge on any atom is 0.0407 e. The van der Waals surface area contributed by atoms with Gasteiger partial charge in [-0.05, 0) is 61.8 Å². The second-order valence-electron chi connectivity index (χ2n) is 5.15. The molecule has 1 aliphatic heterocycles. The highest BCUT2D eigenvalue weighted by Gasteiger charge is 2.03. The van der Waals surface area contributed by atoms with Gasteiger partial charge >= 0.3 is 0 Å². The van der Waals surface area contributed by atoms with Gasteiger partial charge in [0, 0.05) is 11.4 Å². The van der Waals surface area contributed by atoms with Gasteiger partial charge in [-0.1, -0.05) is 30.3 Å². The van der Waals surface area contributed by atoms with Gasteiger partial charge in [0.15, 0.2) is 0 Å². The number of hydrogen-bond donors (Lipinski definition) is 0. The SMILES string of the molecule is c1cc2cc(c1)CCCc1cccc(n1)CCC2. The van der Waals surface area contributed by atoms with E-state index in [2.05, 4.69) is 42.5 Å². The number of hydrogen-bond acceptors (Lipinski definition) is 1. The van der Waals surface area contributed by atoms with Crippen LogP contribution in [-0.4, -0.2) is 4.98 Å². The smallest absolute Gasteiger partial charge is 0.0407 e. The van der Waals surface area contributed by atoms with E-state index in [1.807, 2.05) is 0 Å². The Morgan fingerprint density at radius 3 is 1.83 bits per heavy atom. The number of aryl methyl sites for hydroxylation is 4. The van der Waals surface area contributed by atoms with Gasteiger partial charge in [0.05, 0.1) is 0 Å². The van der Waals surface area contributed by atoms with E-state index >= 15 is 0 Å². The average molecular weight is 237 g/mol. The molecular formula is C17H19N. The molecule has 3 rings (SSSR count). The predicted octanol–water partition coefficient (Wildman–Crippen LogP) is 3.75. The van der Waals surface area contributed by atoms with Crippen LogP contribution in [0.3, 0.4) is 0 Å². The maximum atomic E-state index is 4.74. The molecule has 1 nitrogen and oxygen atoms in total. The van der Waals surface area contributed by atoms with Crippen molar-refractivity contribution < 1.29 is 0 Å². The normalized spacial score (nSPS) is 15.6. The van der Waals surface area contributed by atoms with Crippen molar-refractivity contribution in [1.82, 2.24) is 4.98 Å². The molecule has 0 aliphatic carbocycles. The first kappa shape index (κ1) is 11.5. The second-order valence-corrected chi connectivity index (χ2v) is 5.15. The van der Waals surface area contributed by atoms with Crippen LogP contribution in [0.2, 0.25) is 0 Å². The van der Waals surface area contributed by atoms with E-state index in [1.54, 1.807) is 0 Å². The molecule has 0 radical (unpaired) electrons. The van der Waals surface area contributed by atoms with Crippen molar-refractivity contribution in [3.63, 3.8) is 0 Å². The van der Waals surface area contributed by atoms with Crippen LogP contribution in [0.4, 0.5) is 0 Å². The Balaban J connectivity index is 1.84. The molecule has 4 bridgehead atoms. The summed E-state index contributed by atoms with van der Waals surface area (Å²) in [6.45, 7) is 0. The third-order valence-corrected chi connectivity index (χ3v) is 3.65. The zero-order valence-corrected chi connectivity index (χ0v) is 10.7. The quantitative estimate of drug-likeness (QED) is 0.680. The minimum Gasteiger partial charge on any atom is -0.258 e. The summed E-state index contributed by atoms with van der Waals surface area (Å²) in [5, 5.41) is 0. The molecular weight excluding hydrogens is 218 g/mol. The zero-order valence-electron chi connectivity index (χ0n) is 10.7. The summed E-state index contributed by atoms with van der Waals surface area (Å²) in [6.07, 6.45) is 6.91. The average Bonchev–Trinajstić information content (AvgIpc) is 2.39. The molecule has 0 N–H and O–H groups in total. The van der Waals surface area contributed by atoms with E-state index in [1.165, 1.54) is 48.2 Å². The van der Waals surface area contributed by atoms with E-state index < -0.39 is 0 Å². The summed E-state index contributed by atoms with van der Waals surface area (Å²) in [4.78, 5) is 4.74. The molecule has 2 aromatic rings. The van der Waals surface area contributed by atoms with E-state index in [-0.39, 0.29) is 0 Å². The third kappa shape index (κ3) is 2.79. The lowest BCUT2D eigenvalue weighted by atomic mass is 10.00. The van der Waals surface area contributed by atoms with E-state index in [4.69, 9.17) is 4.98 Å². The summed E-state index contributed by atoms with van der Waals surface area (Å²) in [5.74, 6) is 0. The van der Waals surface area contributed by atoms with Crippen LogP contribution in [0.1, 0.15) is 35.4 Å². The lowest BCUT2D eigenvalue weighted by molar-refractivity contribution is 0.753. The Hall–Kier alpha value is -1.63. The van der Waals surface area contributed by atoms with Gasteiger partial charge in [-0.2, -0.15) is 0 Å². The van der Waals surface area contributed by atoms with Gasteiger partial charge in [0.25, 0.3) is 0 Å². The second kappa shape index (κ2) is 5.34. The van der Waals surface area contributed by atoms with Crippen molar-refractivity contribution in [2.45, 2.75) is 38.5 Å². The summed E-state index contributed by atoms with van der Waals surface area (Å²) in [5.41, 5.74) is 5.46. The topological polar surface area (TPSA) is 12.9 Å². The number of benzene rings is 1. The Labute approximate surface area is 109 Å². The number of rotatable bonds is 0. The summed E-state index contributed by atoms with van der Waals surface area (Å²) < 4.78 is 0. The Morgan fingerprint density at radius 1 is 0.667 bits per heavy atom. The van der Waals surface area contributed by atoms with Crippen LogP contribution in [0.15, 0.2) is 42.5 Å². The van der Waals surface area contributed by atoms with Crippen molar-refractivity contribution in [3.8, 4) is 0 Å². The number of pyridine rings is 1. The van der Waals surface area contributed by atoms with Crippen LogP contribution in [0, 0.1) is 0 Å². The van der Waals surface area contributed by atoms with Crippen molar-refractivity contribution in [1.29, 1.82) is 0 Å². The Kier molecular flexibility index (Phi) is 3.40. The molecule has 0 atom stereocenters. The molecule has 2 heterocycles. The van der Waals surface area contributed by atoms with Crippen LogP contribution in [-0.2, 0) is 25.7 Å². The van der Waals surface area contributed by atoms with E-state index in [9.17, 15) is 0 Å². The Morgan fingerprint density at radius 2 is 1.22 bits per heavy atom. The molecule has 0 saturated heterocycles. The maximum absolute atomic E-state index is 4.74. The summed E-state index contributed by atoms with van der Waals surface area (Å²) in [7, 11) is 0. The fraction of sp³-hybridized carbons (Fsp3) is 0.353. The standard InChI is InChI=1S/C17H19N/c1-5-14-7-2-9-16-11-4-12-17(18-16)10-3-8-15(6-1)13-14/h1,4-6,11-13H,2-3,7-10H2. The van der Waals surface area contributed by atoms with Crippen LogP contribution in [0.25, 0.3) is 0 Å². The monoisotopic (exact) mass is 237 g/mol. The van der Waals surface area contributed by atoms with Gasteiger partial charge in [0.1, 0.15) is 0 Å². The molecule has 1 aliphatic rings. The molecule has 92 valence electrons. The van der Waals surface area contributed by atoms with Crippen molar-refractivity contribution in [2.75, 3.05) is 0 Å². The first-order valence-corrected chi connectivity index (χ1v) is 6.93. The fourth-order valence-corrected chi connectivity index (χ4v) is 2.70. The highest BCUT2D eigenvalue weighted by Crippen LogP contribution is 2.14. The first-order chi connectivity index (χ1) is 8.90. The molecule has 0 fully saturated rings. The molecule has 1 aromatic carbocycles. The Bertz CT molecular complexity index is 443. The van der Waals surface area contributed by atoms with E-state index in [0.29, 0.717) is 0 Å². The van der Waals surface area contributed by atoms with Gasteiger partial charge < -0.3 is 0 Å². The van der Waals surface area contributed by atoms with Crippen molar-refractivity contribution in [2.24, 2.45) is 0 Å². The highest BCUT2D eigenvalue weighted by atomic mass is 14.7. The minimum atomic E-state index is 1.10. The summed E-state index contributed by atoms with van der Waals surface area (Å²) >= 11 is 0. The molecule has 18 heavy (non-hydrogen) atoms. The van der Waals surface area contributed by atoms with Crippen LogP contribution in [0.5, 0.6) is 0 Å². The zero-order chi connectivity index (χ0) is 12.2. The fourth-order valence-electron chi connectivity index (χ4n) is 2.70. The molecule has 1 heteroatoms. The molecule has 1 aromatic heterocycles. The van der Waals surface area contributed by atoms with Gasteiger partial charge in [0.2, 0.25) is 0 Å². The number of fused-ring (bicyclic) bond motifs is 4. The highest BCUT2D eigenvalue weighted by molar-refractivity contribution is 5.24. The lowest BCUT2D eigenvalue weighted by Crippen LogP contribution is -2.00. The van der Waals surface area contributed by atoms with Crippen molar-refractivity contribution >= 4 is 0 Å². The van der Waals surface area contributed by atoms with E-state index in [0.717, 1.165) is 12.8 Å². The summed E-state index contributed by atoms with van der Waals surface area (Å²) in [6, 6.07) is 15.6. The van der Waals surface area contributed by atoms with Gasteiger partial charge in [-0.3, -0.25) is 4.98 Å². The molecule has 0 saturated carbocycles. The van der Waals surface area contributed by atoms with Gasteiger partial charge in [-0.25, -0.2) is 0 Å². The first-order valence-electron chi connectivity index (χ1n) is 6.93. The lowest BCUT2D eigenvalue weighted by Gasteiger charge is -2.09. The third-order valence-electron chi connectivity index (χ3n) is 3.65. The van der Waals surface area contributed by atoms with Crippen LogP contribution < -0.4 is 0 Å². The number of nitrogens with zero attached hydrogens (tertiary/aromatic N) is 1. The molecule has 0 unspecified atom stereocenters. The largest absolute Gasteiger partial charge is 0.258 e. The minimum absolute atomic E-state index is 1.10. The van der Waals surface area contributed by atoms with Crippen LogP contribution >= 0.6 is 0 Å². The number of aromatic nitrogens is 1. The predicted molar refractivity (Wildman–Crippen MR) is 74.7 cm³/mol. The van der Waals surface area contributed by atoms with Crippen molar-refractivity contribution in [3.05, 3.63) is 65.0 Å².